The van der Waals surface area contributed by atoms with Crippen LogP contribution in [0.1, 0.15) is 0 Å². The molecule has 0 aliphatic carbocycles. The minimum Gasteiger partial charge on any atom is -0.464 e. The van der Waals surface area contributed by atoms with Gasteiger partial charge in [0.2, 0.25) is 0 Å². The minimum atomic E-state index is 0.824. The number of benzene rings is 7. The van der Waals surface area contributed by atoms with Crippen LogP contribution < -0.4 is 0 Å². The molecule has 0 saturated carbocycles. The summed E-state index contributed by atoms with van der Waals surface area (Å²) in [5.41, 5.74) is 9.66. The van der Waals surface area contributed by atoms with Crippen molar-refractivity contribution in [2.45, 2.75) is 0 Å². The lowest BCUT2D eigenvalue weighted by Crippen LogP contribution is -1.90. The van der Waals surface area contributed by atoms with E-state index in [1.54, 1.807) is 0 Å². The van der Waals surface area contributed by atoms with Gasteiger partial charge >= 0.3 is 0 Å². The maximum absolute atomic E-state index is 6.49. The molecule has 196 valence electrons. The molecule has 0 saturated heterocycles. The summed E-state index contributed by atoms with van der Waals surface area (Å²) < 4.78 is 12.7. The van der Waals surface area contributed by atoms with E-state index >= 15 is 0 Å². The molecule has 2 nitrogen and oxygen atoms in total. The van der Waals surface area contributed by atoms with Crippen LogP contribution in [0.15, 0.2) is 155 Å². The summed E-state index contributed by atoms with van der Waals surface area (Å²) in [6, 6.07) is 49.4. The Bertz CT molecular complexity index is 2380. The molecule has 9 aromatic rings. The lowest BCUT2D eigenvalue weighted by atomic mass is 9.85. The molecule has 0 aliphatic rings. The van der Waals surface area contributed by atoms with E-state index in [1.807, 2.05) is 18.4 Å². The van der Waals surface area contributed by atoms with E-state index in [4.69, 9.17) is 8.83 Å². The molecule has 0 N–H and O–H groups in total. The summed E-state index contributed by atoms with van der Waals surface area (Å²) >= 11 is 0. The fraction of sp³-hybridized carbons (Fsp3) is 0. The normalized spacial score (nSPS) is 11.8. The number of fused-ring (bicyclic) bond motifs is 7. The highest BCUT2D eigenvalue weighted by Crippen LogP contribution is 2.47. The molecular formula is C40H24O2. The predicted molar refractivity (Wildman–Crippen MR) is 175 cm³/mol. The Labute approximate surface area is 242 Å². The van der Waals surface area contributed by atoms with Gasteiger partial charge in [0, 0.05) is 21.9 Å². The molecule has 0 fully saturated rings. The quantitative estimate of drug-likeness (QED) is 0.210. The number of furan rings is 2. The summed E-state index contributed by atoms with van der Waals surface area (Å²) in [5, 5.41) is 8.03. The number of para-hydroxylation sites is 1. The van der Waals surface area contributed by atoms with Crippen molar-refractivity contribution in [1.82, 2.24) is 0 Å². The van der Waals surface area contributed by atoms with Crippen molar-refractivity contribution in [3.05, 3.63) is 146 Å². The summed E-state index contributed by atoms with van der Waals surface area (Å²) in [5.74, 6) is 0. The molecule has 2 heteroatoms. The topological polar surface area (TPSA) is 26.3 Å². The number of hydrogen-bond acceptors (Lipinski definition) is 2. The Kier molecular flexibility index (Phi) is 4.93. The summed E-state index contributed by atoms with van der Waals surface area (Å²) in [6.45, 7) is 0. The second kappa shape index (κ2) is 8.95. The first-order chi connectivity index (χ1) is 20.8. The van der Waals surface area contributed by atoms with Crippen molar-refractivity contribution in [1.29, 1.82) is 0 Å². The Morgan fingerprint density at radius 3 is 1.60 bits per heavy atom. The zero-order valence-corrected chi connectivity index (χ0v) is 22.7. The third-order valence-electron chi connectivity index (χ3n) is 8.56. The van der Waals surface area contributed by atoms with Crippen molar-refractivity contribution in [2.75, 3.05) is 0 Å². The summed E-state index contributed by atoms with van der Waals surface area (Å²) in [4.78, 5) is 0. The highest BCUT2D eigenvalue weighted by molar-refractivity contribution is 6.26. The zero-order chi connectivity index (χ0) is 27.6. The van der Waals surface area contributed by atoms with Crippen molar-refractivity contribution in [3.63, 3.8) is 0 Å². The van der Waals surface area contributed by atoms with Gasteiger partial charge in [-0.1, -0.05) is 121 Å². The molecular weight excluding hydrogens is 512 g/mol. The maximum Gasteiger partial charge on any atom is 0.147 e. The largest absolute Gasteiger partial charge is 0.464 e. The Morgan fingerprint density at radius 1 is 0.357 bits per heavy atom. The van der Waals surface area contributed by atoms with Gasteiger partial charge in [0.1, 0.15) is 16.7 Å². The van der Waals surface area contributed by atoms with Gasteiger partial charge in [0.25, 0.3) is 0 Å². The zero-order valence-electron chi connectivity index (χ0n) is 22.7. The minimum absolute atomic E-state index is 0.824. The second-order valence-corrected chi connectivity index (χ2v) is 10.8. The van der Waals surface area contributed by atoms with Crippen LogP contribution in [0.4, 0.5) is 0 Å². The van der Waals surface area contributed by atoms with Gasteiger partial charge < -0.3 is 8.83 Å². The Hall–Kier alpha value is -5.60. The fourth-order valence-electron chi connectivity index (χ4n) is 6.68. The molecule has 9 rings (SSSR count). The van der Waals surface area contributed by atoms with Crippen LogP contribution in [0.5, 0.6) is 0 Å². The molecule has 0 unspecified atom stereocenters. The standard InChI is InChI=1S/C40H24O2/c1-2-10-25(11-3-1)26-18-20-27(21-19-26)37-29-13-4-6-15-31(29)38(32-16-7-5-14-30(32)37)34-24-41-36-23-22-33-28-12-8-9-17-35(28)42-40(33)39(34)36/h1-24H. The van der Waals surface area contributed by atoms with Crippen molar-refractivity contribution in [2.24, 2.45) is 0 Å². The van der Waals surface area contributed by atoms with Gasteiger partial charge in [-0.2, -0.15) is 0 Å². The van der Waals surface area contributed by atoms with E-state index in [2.05, 4.69) is 127 Å². The number of rotatable bonds is 3. The molecule has 0 atom stereocenters. The average Bonchev–Trinajstić information content (AvgIpc) is 3.66. The molecule has 2 aromatic heterocycles. The third kappa shape index (κ3) is 3.33. The molecule has 42 heavy (non-hydrogen) atoms. The molecule has 0 aliphatic heterocycles. The first-order valence-corrected chi connectivity index (χ1v) is 14.3. The first kappa shape index (κ1) is 23.1. The highest BCUT2D eigenvalue weighted by atomic mass is 16.3. The lowest BCUT2D eigenvalue weighted by Gasteiger charge is -2.17. The van der Waals surface area contributed by atoms with Crippen molar-refractivity contribution >= 4 is 54.5 Å². The molecule has 0 bridgehead atoms. The molecule has 2 heterocycles. The van der Waals surface area contributed by atoms with Crippen LogP contribution in [0, 0.1) is 0 Å². The number of hydrogen-bond donors (Lipinski definition) is 0. The van der Waals surface area contributed by atoms with Crippen LogP contribution in [-0.2, 0) is 0 Å². The Morgan fingerprint density at radius 2 is 0.905 bits per heavy atom. The molecule has 0 spiro atoms. The molecule has 7 aromatic carbocycles. The monoisotopic (exact) mass is 536 g/mol. The molecule has 0 amide bonds. The lowest BCUT2D eigenvalue weighted by molar-refractivity contribution is 0.616. The van der Waals surface area contributed by atoms with Crippen LogP contribution in [0.25, 0.3) is 87.8 Å². The van der Waals surface area contributed by atoms with E-state index in [0.717, 1.165) is 44.0 Å². The Balaban J connectivity index is 1.35. The SMILES string of the molecule is c1ccc(-c2ccc(-c3c4ccccc4c(-c4coc5ccc6c7ccccc7oc6c45)c4ccccc34)cc2)cc1. The van der Waals surface area contributed by atoms with Gasteiger partial charge in [-0.05, 0) is 62.0 Å². The third-order valence-corrected chi connectivity index (χ3v) is 8.56. The predicted octanol–water partition coefficient (Wildman–Crippen LogP) is 11.6. The van der Waals surface area contributed by atoms with E-state index in [0.29, 0.717) is 0 Å². The van der Waals surface area contributed by atoms with E-state index in [9.17, 15) is 0 Å². The van der Waals surface area contributed by atoms with E-state index in [-0.39, 0.29) is 0 Å². The maximum atomic E-state index is 6.49. The average molecular weight is 537 g/mol. The van der Waals surface area contributed by atoms with Gasteiger partial charge in [-0.25, -0.2) is 0 Å². The van der Waals surface area contributed by atoms with E-state index in [1.165, 1.54) is 43.8 Å². The van der Waals surface area contributed by atoms with Crippen molar-refractivity contribution in [3.8, 4) is 33.4 Å². The van der Waals surface area contributed by atoms with Gasteiger partial charge in [0.05, 0.1) is 11.6 Å². The van der Waals surface area contributed by atoms with E-state index < -0.39 is 0 Å². The van der Waals surface area contributed by atoms with Crippen LogP contribution in [0.2, 0.25) is 0 Å². The van der Waals surface area contributed by atoms with Crippen LogP contribution >= 0.6 is 0 Å². The summed E-state index contributed by atoms with van der Waals surface area (Å²) in [7, 11) is 0. The molecule has 0 radical (unpaired) electrons. The van der Waals surface area contributed by atoms with Crippen LogP contribution in [0.3, 0.4) is 0 Å². The van der Waals surface area contributed by atoms with Gasteiger partial charge in [-0.3, -0.25) is 0 Å². The summed E-state index contributed by atoms with van der Waals surface area (Å²) in [6.07, 6.45) is 1.90. The smallest absolute Gasteiger partial charge is 0.147 e. The second-order valence-electron chi connectivity index (χ2n) is 10.8. The van der Waals surface area contributed by atoms with Crippen LogP contribution in [-0.4, -0.2) is 0 Å². The van der Waals surface area contributed by atoms with Gasteiger partial charge in [0.15, 0.2) is 0 Å². The van der Waals surface area contributed by atoms with Crippen molar-refractivity contribution < 1.29 is 8.83 Å². The fourth-order valence-corrected chi connectivity index (χ4v) is 6.68. The van der Waals surface area contributed by atoms with Gasteiger partial charge in [-0.15, -0.1) is 0 Å². The first-order valence-electron chi connectivity index (χ1n) is 14.3. The highest BCUT2D eigenvalue weighted by Gasteiger charge is 2.22.